The van der Waals surface area contributed by atoms with Crippen molar-refractivity contribution in [2.24, 2.45) is 0 Å². The molecule has 21 heavy (non-hydrogen) atoms. The van der Waals surface area contributed by atoms with Crippen LogP contribution < -0.4 is 4.72 Å². The second-order valence-electron chi connectivity index (χ2n) is 3.68. The highest BCUT2D eigenvalue weighted by atomic mass is 79.9. The Morgan fingerprint density at radius 2 is 1.95 bits per heavy atom. The first-order valence-electron chi connectivity index (χ1n) is 5.35. The van der Waals surface area contributed by atoms with E-state index in [0.717, 1.165) is 18.4 Å². The van der Waals surface area contributed by atoms with Gasteiger partial charge in [0.15, 0.2) is 9.90 Å². The molecule has 0 atom stereocenters. The third kappa shape index (κ3) is 3.44. The Labute approximate surface area is 141 Å². The number of benzene rings is 1. The maximum atomic E-state index is 12.4. The normalized spacial score (nSPS) is 11.2. The Bertz CT molecular complexity index is 769. The summed E-state index contributed by atoms with van der Waals surface area (Å²) in [5, 5.41) is 0. The molecule has 0 fully saturated rings. The first kappa shape index (κ1) is 16.4. The van der Waals surface area contributed by atoms with Crippen LogP contribution in [0.4, 0.5) is 5.69 Å². The molecule has 1 aromatic heterocycles. The fraction of sp³-hybridized carbons (Fsp3) is 0.0909. The van der Waals surface area contributed by atoms with Crippen LogP contribution in [0.15, 0.2) is 36.9 Å². The lowest BCUT2D eigenvalue weighted by Gasteiger charge is -2.10. The Kier molecular flexibility index (Phi) is 5.02. The van der Waals surface area contributed by atoms with E-state index >= 15 is 0 Å². The van der Waals surface area contributed by atoms with Crippen LogP contribution in [0.1, 0.15) is 10.5 Å². The van der Waals surface area contributed by atoms with Crippen molar-refractivity contribution in [1.82, 2.24) is 4.98 Å². The van der Waals surface area contributed by atoms with E-state index in [9.17, 15) is 13.2 Å². The highest BCUT2D eigenvalue weighted by Gasteiger charge is 2.27. The van der Waals surface area contributed by atoms with Gasteiger partial charge in [0.2, 0.25) is 0 Å². The van der Waals surface area contributed by atoms with Gasteiger partial charge in [0.1, 0.15) is 0 Å². The van der Waals surface area contributed by atoms with Crippen molar-refractivity contribution in [3.8, 4) is 0 Å². The van der Waals surface area contributed by atoms with E-state index in [4.69, 9.17) is 0 Å². The fourth-order valence-electron chi connectivity index (χ4n) is 1.43. The molecule has 0 radical (unpaired) electrons. The molecule has 0 bridgehead atoms. The van der Waals surface area contributed by atoms with Crippen molar-refractivity contribution in [2.45, 2.75) is 4.21 Å². The molecule has 2 aromatic rings. The summed E-state index contributed by atoms with van der Waals surface area (Å²) in [4.78, 5) is 15.3. The van der Waals surface area contributed by atoms with Gasteiger partial charge in [0.25, 0.3) is 10.0 Å². The predicted molar refractivity (Wildman–Crippen MR) is 86.1 cm³/mol. The third-order valence-electron chi connectivity index (χ3n) is 2.36. The van der Waals surface area contributed by atoms with E-state index in [1.54, 1.807) is 18.2 Å². The number of halogens is 2. The number of methoxy groups -OCH3 is 1. The maximum absolute atomic E-state index is 12.4. The van der Waals surface area contributed by atoms with Crippen LogP contribution in [0.25, 0.3) is 0 Å². The van der Waals surface area contributed by atoms with E-state index in [1.165, 1.54) is 5.51 Å². The number of para-hydroxylation sites is 1. The van der Waals surface area contributed by atoms with Gasteiger partial charge >= 0.3 is 5.97 Å². The van der Waals surface area contributed by atoms with Crippen LogP contribution in [0, 0.1) is 0 Å². The van der Waals surface area contributed by atoms with Crippen LogP contribution in [-0.4, -0.2) is 26.5 Å². The molecule has 0 aliphatic heterocycles. The number of rotatable bonds is 4. The molecule has 0 spiro atoms. The molecule has 1 aromatic carbocycles. The zero-order valence-electron chi connectivity index (χ0n) is 10.5. The van der Waals surface area contributed by atoms with Crippen molar-refractivity contribution in [1.29, 1.82) is 0 Å². The number of carbonyl (C=O) groups excluding carboxylic acids is 1. The summed E-state index contributed by atoms with van der Waals surface area (Å²) in [5.74, 6) is -0.803. The third-order valence-corrected chi connectivity index (χ3v) is 6.40. The van der Waals surface area contributed by atoms with Crippen molar-refractivity contribution in [3.63, 3.8) is 0 Å². The zero-order valence-corrected chi connectivity index (χ0v) is 15.3. The van der Waals surface area contributed by atoms with Gasteiger partial charge in [-0.25, -0.2) is 18.2 Å². The van der Waals surface area contributed by atoms with Gasteiger partial charge in [-0.2, -0.15) is 0 Å². The molecule has 0 aliphatic carbocycles. The van der Waals surface area contributed by atoms with Crippen LogP contribution in [0.3, 0.4) is 0 Å². The largest absolute Gasteiger partial charge is 0.464 e. The van der Waals surface area contributed by atoms with E-state index in [-0.39, 0.29) is 9.90 Å². The average Bonchev–Trinajstić information content (AvgIpc) is 2.92. The van der Waals surface area contributed by atoms with Gasteiger partial charge in [-0.3, -0.25) is 4.72 Å². The lowest BCUT2D eigenvalue weighted by Crippen LogP contribution is -2.16. The van der Waals surface area contributed by atoms with Gasteiger partial charge in [-0.15, -0.1) is 11.3 Å². The molecule has 0 aliphatic rings. The molecule has 0 unspecified atom stereocenters. The first-order valence-corrected chi connectivity index (χ1v) is 9.30. The lowest BCUT2D eigenvalue weighted by atomic mass is 10.3. The second kappa shape index (κ2) is 6.42. The fourth-order valence-corrected chi connectivity index (χ4v) is 5.13. The minimum Gasteiger partial charge on any atom is -0.464 e. The number of aromatic nitrogens is 1. The van der Waals surface area contributed by atoms with Crippen molar-refractivity contribution < 1.29 is 17.9 Å². The minimum atomic E-state index is -3.96. The molecule has 1 heterocycles. The minimum absolute atomic E-state index is 0.197. The zero-order chi connectivity index (χ0) is 15.6. The summed E-state index contributed by atoms with van der Waals surface area (Å²) < 4.78 is 32.7. The van der Waals surface area contributed by atoms with Crippen molar-refractivity contribution in [2.75, 3.05) is 11.8 Å². The Morgan fingerprint density at radius 1 is 1.33 bits per heavy atom. The topological polar surface area (TPSA) is 85.4 Å². The smallest absolute Gasteiger partial charge is 0.358 e. The number of anilines is 1. The summed E-state index contributed by atoms with van der Waals surface area (Å²) in [7, 11) is -2.79. The van der Waals surface area contributed by atoms with Crippen LogP contribution in [0.2, 0.25) is 0 Å². The van der Waals surface area contributed by atoms with Crippen molar-refractivity contribution in [3.05, 3.63) is 38.3 Å². The van der Waals surface area contributed by atoms with Gasteiger partial charge < -0.3 is 4.74 Å². The Balaban J connectivity index is 2.45. The summed E-state index contributed by atoms with van der Waals surface area (Å²) >= 11 is 7.36. The molecule has 6 nitrogen and oxygen atoms in total. The molecular weight excluding hydrogens is 448 g/mol. The van der Waals surface area contributed by atoms with Crippen molar-refractivity contribution >= 4 is 64.9 Å². The number of nitrogens with one attached hydrogen (secondary N) is 1. The summed E-state index contributed by atoms with van der Waals surface area (Å²) in [5.41, 5.74) is 1.37. The second-order valence-corrected chi connectivity index (χ2v) is 8.12. The molecule has 1 N–H and O–H groups in total. The van der Waals surface area contributed by atoms with E-state index < -0.39 is 16.0 Å². The summed E-state index contributed by atoms with van der Waals surface area (Å²) in [6.07, 6.45) is 0. The maximum Gasteiger partial charge on any atom is 0.358 e. The predicted octanol–water partition coefficient (Wildman–Crippen LogP) is 3.26. The molecule has 112 valence electrons. The average molecular weight is 456 g/mol. The summed E-state index contributed by atoms with van der Waals surface area (Å²) in [6, 6.07) is 5.13. The standard InChI is InChI=1S/C11H8Br2N2O4S2/c1-19-10(16)9-11(20-5-14-9)21(17,18)15-8-6(12)3-2-4-7(8)13/h2-5,15H,1H3. The summed E-state index contributed by atoms with van der Waals surface area (Å²) in [6.45, 7) is 0. The number of hydrogen-bond donors (Lipinski definition) is 1. The molecule has 10 heteroatoms. The number of carbonyl (C=O) groups is 1. The highest BCUT2D eigenvalue weighted by molar-refractivity contribution is 9.11. The number of nitrogens with zero attached hydrogens (tertiary/aromatic N) is 1. The Hall–Kier alpha value is -0.970. The van der Waals surface area contributed by atoms with Crippen LogP contribution in [0.5, 0.6) is 0 Å². The van der Waals surface area contributed by atoms with E-state index in [1.807, 2.05) is 0 Å². The number of sulfonamides is 1. The lowest BCUT2D eigenvalue weighted by molar-refractivity contribution is 0.0590. The van der Waals surface area contributed by atoms with Gasteiger partial charge in [-0.05, 0) is 44.0 Å². The molecular formula is C11H8Br2N2O4S2. The first-order chi connectivity index (χ1) is 9.86. The van der Waals surface area contributed by atoms with Crippen LogP contribution in [-0.2, 0) is 14.8 Å². The van der Waals surface area contributed by atoms with E-state index in [0.29, 0.717) is 14.6 Å². The quantitative estimate of drug-likeness (QED) is 0.715. The monoisotopic (exact) mass is 454 g/mol. The van der Waals surface area contributed by atoms with Gasteiger partial charge in [0, 0.05) is 8.95 Å². The number of esters is 1. The van der Waals surface area contributed by atoms with Gasteiger partial charge in [-0.1, -0.05) is 6.07 Å². The molecule has 0 amide bonds. The molecule has 0 saturated heterocycles. The van der Waals surface area contributed by atoms with Gasteiger partial charge in [0.05, 0.1) is 18.3 Å². The SMILES string of the molecule is COC(=O)c1ncsc1S(=O)(=O)Nc1c(Br)cccc1Br. The Morgan fingerprint density at radius 3 is 2.52 bits per heavy atom. The molecule has 2 rings (SSSR count). The number of thiazole rings is 1. The number of hydrogen-bond acceptors (Lipinski definition) is 6. The van der Waals surface area contributed by atoms with E-state index in [2.05, 4.69) is 46.3 Å². The van der Waals surface area contributed by atoms with Crippen LogP contribution >= 0.6 is 43.2 Å². The number of ether oxygens (including phenoxy) is 1. The molecule has 0 saturated carbocycles. The highest BCUT2D eigenvalue weighted by Crippen LogP contribution is 2.33.